The summed E-state index contributed by atoms with van der Waals surface area (Å²) in [5, 5.41) is 7.86. The fraction of sp³-hybridized carbons (Fsp3) is 0.154. The fourth-order valence-electron chi connectivity index (χ4n) is 1.98. The highest BCUT2D eigenvalue weighted by Crippen LogP contribution is 2.29. The van der Waals surface area contributed by atoms with E-state index in [1.165, 1.54) is 6.33 Å². The molecule has 6 nitrogen and oxygen atoms in total. The van der Waals surface area contributed by atoms with Crippen LogP contribution in [0.5, 0.6) is 0 Å². The number of hydrogen-bond acceptors (Lipinski definition) is 6. The summed E-state index contributed by atoms with van der Waals surface area (Å²) >= 11 is 3.46. The number of pyridine rings is 1. The number of halogens is 1. The molecule has 2 aromatic heterocycles. The van der Waals surface area contributed by atoms with Gasteiger partial charge in [-0.3, -0.25) is 4.98 Å². The summed E-state index contributed by atoms with van der Waals surface area (Å²) < 4.78 is 5.94. The van der Waals surface area contributed by atoms with E-state index in [-0.39, 0.29) is 0 Å². The molecule has 1 aromatic carbocycles. The molecular weight excluding hydrogens is 322 g/mol. The Bertz CT molecular complexity index is 724. The molecule has 0 amide bonds. The molecule has 0 aliphatic heterocycles. The third-order valence-electron chi connectivity index (χ3n) is 2.91. The Hall–Kier alpha value is -2.15. The Morgan fingerprint density at radius 2 is 2.20 bits per heavy atom. The number of hydrogen-bond donors (Lipinski definition) is 2. The first-order valence-electron chi connectivity index (χ1n) is 6.07. The van der Waals surface area contributed by atoms with Gasteiger partial charge in [0.1, 0.15) is 0 Å². The van der Waals surface area contributed by atoms with E-state index in [1.807, 2.05) is 18.2 Å². The predicted molar refractivity (Wildman–Crippen MR) is 80.3 cm³/mol. The van der Waals surface area contributed by atoms with Gasteiger partial charge in [-0.05, 0) is 18.2 Å². The average Bonchev–Trinajstić information content (AvgIpc) is 2.94. The zero-order valence-electron chi connectivity index (χ0n) is 10.5. The fourth-order valence-corrected chi connectivity index (χ4v) is 2.34. The lowest BCUT2D eigenvalue weighted by Crippen LogP contribution is -2.08. The van der Waals surface area contributed by atoms with Crippen molar-refractivity contribution in [1.29, 1.82) is 0 Å². The monoisotopic (exact) mass is 333 g/mol. The molecule has 3 aromatic rings. The van der Waals surface area contributed by atoms with Crippen molar-refractivity contribution < 1.29 is 4.52 Å². The van der Waals surface area contributed by atoms with Crippen molar-refractivity contribution in [3.63, 3.8) is 0 Å². The van der Waals surface area contributed by atoms with Crippen LogP contribution in [-0.4, -0.2) is 21.7 Å². The van der Waals surface area contributed by atoms with Crippen molar-refractivity contribution >= 4 is 38.2 Å². The number of rotatable bonds is 4. The van der Waals surface area contributed by atoms with Crippen LogP contribution < -0.4 is 11.1 Å². The van der Waals surface area contributed by atoms with Crippen LogP contribution in [0.1, 0.15) is 5.89 Å². The standard InChI is InChI=1S/C13H12BrN5O/c14-8-1-2-11-9(5-8)13(10(15)6-17-11)16-4-3-12-18-7-19-20-12/h1-2,5-7H,3-4,15H2,(H,16,17). The highest BCUT2D eigenvalue weighted by Gasteiger charge is 2.07. The van der Waals surface area contributed by atoms with Gasteiger partial charge in [-0.25, -0.2) is 0 Å². The Morgan fingerprint density at radius 3 is 3.00 bits per heavy atom. The lowest BCUT2D eigenvalue weighted by molar-refractivity contribution is 0.380. The molecule has 0 bridgehead atoms. The molecule has 0 saturated carbocycles. The number of anilines is 2. The smallest absolute Gasteiger partial charge is 0.228 e. The van der Waals surface area contributed by atoms with Crippen LogP contribution in [0.2, 0.25) is 0 Å². The minimum atomic E-state index is 0.593. The minimum Gasteiger partial charge on any atom is -0.396 e. The van der Waals surface area contributed by atoms with Crippen LogP contribution in [0.3, 0.4) is 0 Å². The average molecular weight is 334 g/mol. The first-order valence-corrected chi connectivity index (χ1v) is 6.86. The summed E-state index contributed by atoms with van der Waals surface area (Å²) in [6, 6.07) is 5.89. The van der Waals surface area contributed by atoms with Crippen molar-refractivity contribution in [2.24, 2.45) is 0 Å². The predicted octanol–water partition coefficient (Wildman–Crippen LogP) is 2.62. The highest BCUT2D eigenvalue weighted by atomic mass is 79.9. The van der Waals surface area contributed by atoms with Gasteiger partial charge in [-0.15, -0.1) is 0 Å². The molecule has 0 aliphatic rings. The number of aromatic nitrogens is 3. The quantitative estimate of drug-likeness (QED) is 0.762. The van der Waals surface area contributed by atoms with E-state index in [0.717, 1.165) is 21.1 Å². The molecule has 0 radical (unpaired) electrons. The zero-order valence-corrected chi connectivity index (χ0v) is 12.1. The number of nitrogen functional groups attached to an aromatic ring is 1. The summed E-state index contributed by atoms with van der Waals surface area (Å²) in [7, 11) is 0. The maximum Gasteiger partial charge on any atom is 0.228 e. The van der Waals surface area contributed by atoms with E-state index in [4.69, 9.17) is 10.3 Å². The van der Waals surface area contributed by atoms with E-state index in [0.29, 0.717) is 24.5 Å². The zero-order chi connectivity index (χ0) is 13.9. The number of nitrogens with zero attached hydrogens (tertiary/aromatic N) is 3. The van der Waals surface area contributed by atoms with Crippen molar-refractivity contribution in [2.75, 3.05) is 17.6 Å². The molecular formula is C13H12BrN5O. The molecule has 0 aliphatic carbocycles. The van der Waals surface area contributed by atoms with Gasteiger partial charge >= 0.3 is 0 Å². The van der Waals surface area contributed by atoms with Crippen molar-refractivity contribution in [3.05, 3.63) is 41.1 Å². The van der Waals surface area contributed by atoms with E-state index in [1.54, 1.807) is 6.20 Å². The number of fused-ring (bicyclic) bond motifs is 1. The summed E-state index contributed by atoms with van der Waals surface area (Å²) in [5.74, 6) is 0.593. The molecule has 0 spiro atoms. The van der Waals surface area contributed by atoms with Gasteiger partial charge in [0.25, 0.3) is 0 Å². The molecule has 20 heavy (non-hydrogen) atoms. The normalized spacial score (nSPS) is 10.8. The van der Waals surface area contributed by atoms with Crippen LogP contribution in [-0.2, 0) is 6.42 Å². The second-order valence-corrected chi connectivity index (χ2v) is 5.18. The second-order valence-electron chi connectivity index (χ2n) is 4.26. The van der Waals surface area contributed by atoms with Crippen LogP contribution >= 0.6 is 15.9 Å². The first-order chi connectivity index (χ1) is 9.74. The second kappa shape index (κ2) is 5.46. The van der Waals surface area contributed by atoms with Gasteiger partial charge in [-0.1, -0.05) is 21.1 Å². The topological polar surface area (TPSA) is 89.9 Å². The molecule has 0 unspecified atom stereocenters. The molecule has 0 saturated heterocycles. The third kappa shape index (κ3) is 2.57. The Morgan fingerprint density at radius 1 is 1.30 bits per heavy atom. The molecule has 3 N–H and O–H groups in total. The lowest BCUT2D eigenvalue weighted by atomic mass is 10.1. The van der Waals surface area contributed by atoms with Crippen LogP contribution in [0.25, 0.3) is 10.9 Å². The summed E-state index contributed by atoms with van der Waals surface area (Å²) in [4.78, 5) is 8.29. The van der Waals surface area contributed by atoms with Crippen LogP contribution in [0, 0.1) is 0 Å². The van der Waals surface area contributed by atoms with Gasteiger partial charge in [0.2, 0.25) is 5.89 Å². The summed E-state index contributed by atoms with van der Waals surface area (Å²) in [6.45, 7) is 0.651. The molecule has 102 valence electrons. The van der Waals surface area contributed by atoms with Gasteiger partial charge in [-0.2, -0.15) is 4.98 Å². The molecule has 2 heterocycles. The largest absolute Gasteiger partial charge is 0.396 e. The lowest BCUT2D eigenvalue weighted by Gasteiger charge is -2.11. The minimum absolute atomic E-state index is 0.593. The maximum atomic E-state index is 6.00. The molecule has 0 atom stereocenters. The Labute approximate surface area is 123 Å². The van der Waals surface area contributed by atoms with Gasteiger partial charge in [0.15, 0.2) is 6.33 Å². The van der Waals surface area contributed by atoms with E-state index >= 15 is 0 Å². The van der Waals surface area contributed by atoms with E-state index in [2.05, 4.69) is 36.4 Å². The van der Waals surface area contributed by atoms with Crippen molar-refractivity contribution in [1.82, 2.24) is 15.1 Å². The van der Waals surface area contributed by atoms with Gasteiger partial charge < -0.3 is 15.6 Å². The van der Waals surface area contributed by atoms with E-state index < -0.39 is 0 Å². The number of nitrogens with two attached hydrogens (primary N) is 1. The first kappa shape index (κ1) is 12.9. The molecule has 0 fully saturated rings. The number of benzene rings is 1. The molecule has 3 rings (SSSR count). The van der Waals surface area contributed by atoms with Crippen molar-refractivity contribution in [2.45, 2.75) is 6.42 Å². The van der Waals surface area contributed by atoms with Crippen molar-refractivity contribution in [3.8, 4) is 0 Å². The van der Waals surface area contributed by atoms with Gasteiger partial charge in [0.05, 0.1) is 23.1 Å². The molecule has 7 heteroatoms. The van der Waals surface area contributed by atoms with E-state index in [9.17, 15) is 0 Å². The van der Waals surface area contributed by atoms with Gasteiger partial charge in [0, 0.05) is 22.8 Å². The summed E-state index contributed by atoms with van der Waals surface area (Å²) in [6.07, 6.45) is 3.69. The number of nitrogens with one attached hydrogen (secondary N) is 1. The Balaban J connectivity index is 1.86. The Kier molecular flexibility index (Phi) is 3.51. The highest BCUT2D eigenvalue weighted by molar-refractivity contribution is 9.10. The van der Waals surface area contributed by atoms with Crippen LogP contribution in [0.4, 0.5) is 11.4 Å². The third-order valence-corrected chi connectivity index (χ3v) is 3.40. The van der Waals surface area contributed by atoms with Crippen LogP contribution in [0.15, 0.2) is 39.7 Å². The maximum absolute atomic E-state index is 6.00. The SMILES string of the molecule is Nc1cnc2ccc(Br)cc2c1NCCc1ncno1. The summed E-state index contributed by atoms with van der Waals surface area (Å²) in [5.41, 5.74) is 8.38.